The molecule has 2 heterocycles. The SMILES string of the molecule is CC1(CN)CCN(C(=O)Cc2csc(NC(=O)c3ccccc3)n2)C1.Cl.Cl. The minimum absolute atomic E-state index is 0. The second-order valence-electron chi connectivity index (χ2n) is 6.72. The molecule has 0 bridgehead atoms. The van der Waals surface area contributed by atoms with E-state index in [-0.39, 0.29) is 48.5 Å². The number of nitrogens with two attached hydrogens (primary N) is 1. The first-order valence-corrected chi connectivity index (χ1v) is 9.16. The molecule has 9 heteroatoms. The van der Waals surface area contributed by atoms with E-state index in [4.69, 9.17) is 5.73 Å². The van der Waals surface area contributed by atoms with Gasteiger partial charge in [-0.25, -0.2) is 4.98 Å². The number of thiazole rings is 1. The van der Waals surface area contributed by atoms with Crippen molar-refractivity contribution in [3.05, 3.63) is 47.0 Å². The highest BCUT2D eigenvalue weighted by Crippen LogP contribution is 2.29. The van der Waals surface area contributed by atoms with E-state index in [9.17, 15) is 9.59 Å². The van der Waals surface area contributed by atoms with Gasteiger partial charge >= 0.3 is 0 Å². The van der Waals surface area contributed by atoms with Crippen LogP contribution >= 0.6 is 36.2 Å². The van der Waals surface area contributed by atoms with Gasteiger partial charge in [-0.05, 0) is 30.5 Å². The number of carbonyl (C=O) groups is 2. The number of aromatic nitrogens is 1. The summed E-state index contributed by atoms with van der Waals surface area (Å²) >= 11 is 1.33. The molecule has 2 amide bonds. The fraction of sp³-hybridized carbons (Fsp3) is 0.389. The lowest BCUT2D eigenvalue weighted by molar-refractivity contribution is -0.129. The molecule has 0 saturated carbocycles. The molecule has 1 aliphatic rings. The summed E-state index contributed by atoms with van der Waals surface area (Å²) in [4.78, 5) is 30.8. The molecule has 1 atom stereocenters. The standard InChI is InChI=1S/C18H22N4O2S.2ClH/c1-18(11-19)7-8-22(12-18)15(23)9-14-10-25-17(20-14)21-16(24)13-5-3-2-4-6-13;;/h2-6,10H,7-9,11-12,19H2,1H3,(H,20,21,24);2*1H. The topological polar surface area (TPSA) is 88.3 Å². The predicted molar refractivity (Wildman–Crippen MR) is 113 cm³/mol. The van der Waals surface area contributed by atoms with Gasteiger partial charge in [-0.3, -0.25) is 14.9 Å². The van der Waals surface area contributed by atoms with Gasteiger partial charge in [0.1, 0.15) is 0 Å². The van der Waals surface area contributed by atoms with Crippen LogP contribution in [0.15, 0.2) is 35.7 Å². The van der Waals surface area contributed by atoms with Crippen molar-refractivity contribution in [2.45, 2.75) is 19.8 Å². The average molecular weight is 431 g/mol. The van der Waals surface area contributed by atoms with Crippen LogP contribution in [0.25, 0.3) is 0 Å². The van der Waals surface area contributed by atoms with Gasteiger partial charge in [-0.2, -0.15) is 0 Å². The van der Waals surface area contributed by atoms with Crippen molar-refractivity contribution in [1.82, 2.24) is 9.88 Å². The summed E-state index contributed by atoms with van der Waals surface area (Å²) < 4.78 is 0. The van der Waals surface area contributed by atoms with Crippen LogP contribution in [-0.2, 0) is 11.2 Å². The van der Waals surface area contributed by atoms with Crippen LogP contribution in [0.5, 0.6) is 0 Å². The van der Waals surface area contributed by atoms with Crippen molar-refractivity contribution in [1.29, 1.82) is 0 Å². The molecule has 1 aliphatic heterocycles. The van der Waals surface area contributed by atoms with E-state index in [1.54, 1.807) is 12.1 Å². The van der Waals surface area contributed by atoms with Crippen molar-refractivity contribution in [3.8, 4) is 0 Å². The number of likely N-dealkylation sites (tertiary alicyclic amines) is 1. The van der Waals surface area contributed by atoms with E-state index < -0.39 is 0 Å². The smallest absolute Gasteiger partial charge is 0.257 e. The second-order valence-corrected chi connectivity index (χ2v) is 7.58. The molecule has 0 radical (unpaired) electrons. The molecule has 6 nitrogen and oxygen atoms in total. The lowest BCUT2D eigenvalue weighted by Crippen LogP contribution is -2.35. The van der Waals surface area contributed by atoms with Gasteiger partial charge in [-0.1, -0.05) is 25.1 Å². The third-order valence-corrected chi connectivity index (χ3v) is 5.35. The second kappa shape index (κ2) is 10.0. The van der Waals surface area contributed by atoms with Gasteiger partial charge in [0.2, 0.25) is 5.91 Å². The van der Waals surface area contributed by atoms with Crippen molar-refractivity contribution in [3.63, 3.8) is 0 Å². The number of hydrogen-bond acceptors (Lipinski definition) is 5. The zero-order valence-electron chi connectivity index (χ0n) is 15.0. The Balaban J connectivity index is 0.00000182. The van der Waals surface area contributed by atoms with E-state index in [1.807, 2.05) is 28.5 Å². The maximum absolute atomic E-state index is 12.4. The molecule has 0 aliphatic carbocycles. The highest BCUT2D eigenvalue weighted by Gasteiger charge is 2.34. The quantitative estimate of drug-likeness (QED) is 0.762. The number of carbonyl (C=O) groups excluding carboxylic acids is 2. The minimum Gasteiger partial charge on any atom is -0.342 e. The van der Waals surface area contributed by atoms with Crippen molar-refractivity contribution >= 4 is 53.1 Å². The van der Waals surface area contributed by atoms with E-state index in [0.717, 1.165) is 13.0 Å². The van der Waals surface area contributed by atoms with Crippen molar-refractivity contribution in [2.75, 3.05) is 25.0 Å². The van der Waals surface area contributed by atoms with E-state index >= 15 is 0 Å². The number of nitrogens with one attached hydrogen (secondary N) is 1. The van der Waals surface area contributed by atoms with Gasteiger partial charge in [0.25, 0.3) is 5.91 Å². The summed E-state index contributed by atoms with van der Waals surface area (Å²) in [5.74, 6) is -0.144. The molecule has 2 aromatic rings. The maximum Gasteiger partial charge on any atom is 0.257 e. The van der Waals surface area contributed by atoms with Gasteiger partial charge in [0.05, 0.1) is 12.1 Å². The van der Waals surface area contributed by atoms with Crippen LogP contribution in [0.1, 0.15) is 29.4 Å². The van der Waals surface area contributed by atoms with Gasteiger partial charge in [0, 0.05) is 24.0 Å². The molecule has 1 unspecified atom stereocenters. The largest absolute Gasteiger partial charge is 0.342 e. The van der Waals surface area contributed by atoms with Crippen LogP contribution in [0.2, 0.25) is 0 Å². The Morgan fingerprint density at radius 2 is 2.00 bits per heavy atom. The van der Waals surface area contributed by atoms with Crippen molar-refractivity contribution < 1.29 is 9.59 Å². The Bertz CT molecular complexity index is 772. The summed E-state index contributed by atoms with van der Waals surface area (Å²) in [5, 5.41) is 5.09. The summed E-state index contributed by atoms with van der Waals surface area (Å²) in [6, 6.07) is 8.97. The van der Waals surface area contributed by atoms with E-state index in [1.165, 1.54) is 11.3 Å². The van der Waals surface area contributed by atoms with Crippen LogP contribution in [0, 0.1) is 5.41 Å². The number of hydrogen-bond donors (Lipinski definition) is 2. The van der Waals surface area contributed by atoms with Crippen LogP contribution in [0.3, 0.4) is 0 Å². The van der Waals surface area contributed by atoms with Crippen LogP contribution in [0.4, 0.5) is 5.13 Å². The first kappa shape index (κ1) is 23.4. The minimum atomic E-state index is -0.203. The Morgan fingerprint density at radius 3 is 2.63 bits per heavy atom. The Labute approximate surface area is 175 Å². The molecule has 148 valence electrons. The Hall–Kier alpha value is -1.67. The maximum atomic E-state index is 12.4. The predicted octanol–water partition coefficient (Wildman–Crippen LogP) is 2.98. The summed E-state index contributed by atoms with van der Waals surface area (Å²) in [6.07, 6.45) is 1.18. The van der Waals surface area contributed by atoms with Crippen molar-refractivity contribution in [2.24, 2.45) is 11.1 Å². The molecule has 1 saturated heterocycles. The molecular formula is C18H24Cl2N4O2S. The molecular weight excluding hydrogens is 407 g/mol. The van der Waals surface area contributed by atoms with E-state index in [0.29, 0.717) is 29.5 Å². The first-order valence-electron chi connectivity index (χ1n) is 8.28. The number of halogens is 2. The average Bonchev–Trinajstić information content (AvgIpc) is 3.23. The lowest BCUT2D eigenvalue weighted by atomic mass is 9.90. The number of benzene rings is 1. The first-order chi connectivity index (χ1) is 12.0. The fourth-order valence-electron chi connectivity index (χ4n) is 2.87. The molecule has 0 spiro atoms. The lowest BCUT2D eigenvalue weighted by Gasteiger charge is -2.22. The Morgan fingerprint density at radius 1 is 1.30 bits per heavy atom. The van der Waals surface area contributed by atoms with Gasteiger partial charge in [0.15, 0.2) is 5.13 Å². The number of amides is 2. The summed E-state index contributed by atoms with van der Waals surface area (Å²) in [7, 11) is 0. The number of rotatable bonds is 5. The van der Waals surface area contributed by atoms with Gasteiger partial charge in [-0.15, -0.1) is 36.2 Å². The Kier molecular flexibility index (Phi) is 8.68. The number of anilines is 1. The zero-order chi connectivity index (χ0) is 17.9. The van der Waals surface area contributed by atoms with Crippen LogP contribution in [-0.4, -0.2) is 41.3 Å². The molecule has 3 rings (SSSR count). The summed E-state index contributed by atoms with van der Waals surface area (Å²) in [6.45, 7) is 4.14. The third kappa shape index (κ3) is 5.90. The highest BCUT2D eigenvalue weighted by molar-refractivity contribution is 7.14. The zero-order valence-corrected chi connectivity index (χ0v) is 17.5. The molecule has 1 aromatic heterocycles. The number of nitrogens with zero attached hydrogens (tertiary/aromatic N) is 2. The van der Waals surface area contributed by atoms with Gasteiger partial charge < -0.3 is 10.6 Å². The molecule has 3 N–H and O–H groups in total. The third-order valence-electron chi connectivity index (χ3n) is 4.54. The normalized spacial score (nSPS) is 18.4. The molecule has 27 heavy (non-hydrogen) atoms. The van der Waals surface area contributed by atoms with Crippen LogP contribution < -0.4 is 11.1 Å². The van der Waals surface area contributed by atoms with E-state index in [2.05, 4.69) is 17.2 Å². The summed E-state index contributed by atoms with van der Waals surface area (Å²) in [5.41, 5.74) is 7.07. The fourth-order valence-corrected chi connectivity index (χ4v) is 3.58. The monoisotopic (exact) mass is 430 g/mol. The highest BCUT2D eigenvalue weighted by atomic mass is 35.5. The molecule has 1 aromatic carbocycles. The molecule has 1 fully saturated rings.